The van der Waals surface area contributed by atoms with Crippen molar-refractivity contribution < 1.29 is 19.4 Å². The highest BCUT2D eigenvalue weighted by atomic mass is 35.5. The van der Waals surface area contributed by atoms with Crippen molar-refractivity contribution in [2.75, 3.05) is 0 Å². The van der Waals surface area contributed by atoms with Crippen LogP contribution in [-0.2, 0) is 24.4 Å². The predicted octanol–water partition coefficient (Wildman–Crippen LogP) is 6.11. The van der Waals surface area contributed by atoms with Gasteiger partial charge in [0.1, 0.15) is 12.4 Å². The van der Waals surface area contributed by atoms with E-state index in [0.717, 1.165) is 46.4 Å². The van der Waals surface area contributed by atoms with Crippen LogP contribution in [-0.4, -0.2) is 27.9 Å². The van der Waals surface area contributed by atoms with E-state index in [1.54, 1.807) is 12.1 Å². The Morgan fingerprint density at radius 1 is 1.03 bits per heavy atom. The van der Waals surface area contributed by atoms with E-state index in [-0.39, 0.29) is 12.3 Å². The van der Waals surface area contributed by atoms with Gasteiger partial charge in [-0.3, -0.25) is 9.59 Å². The highest BCUT2D eigenvalue weighted by Crippen LogP contribution is 2.33. The first-order chi connectivity index (χ1) is 16.5. The molecule has 5 nitrogen and oxygen atoms in total. The second kappa shape index (κ2) is 9.51. The molecular weight excluding hydrogens is 450 g/mol. The minimum absolute atomic E-state index is 0.0994. The van der Waals surface area contributed by atoms with Gasteiger partial charge in [0.2, 0.25) is 0 Å². The number of carboxylic acid groups (broad SMARTS) is 1. The molecule has 1 heterocycles. The Bertz CT molecular complexity index is 1250. The third-order valence-electron chi connectivity index (χ3n) is 6.73. The van der Waals surface area contributed by atoms with Gasteiger partial charge >= 0.3 is 5.97 Å². The summed E-state index contributed by atoms with van der Waals surface area (Å²) in [7, 11) is 0. The van der Waals surface area contributed by atoms with Crippen molar-refractivity contribution in [2.45, 2.75) is 51.3 Å². The largest absolute Gasteiger partial charge is 0.489 e. The molecule has 0 aromatic heterocycles. The molecule has 1 fully saturated rings. The molecule has 34 heavy (non-hydrogen) atoms. The van der Waals surface area contributed by atoms with Crippen LogP contribution in [0.2, 0.25) is 5.02 Å². The highest BCUT2D eigenvalue weighted by molar-refractivity contribution is 6.31. The molecule has 0 saturated heterocycles. The van der Waals surface area contributed by atoms with E-state index in [4.69, 9.17) is 21.4 Å². The number of nitrogens with zero attached hydrogens (tertiary/aromatic N) is 1. The third kappa shape index (κ3) is 4.66. The van der Waals surface area contributed by atoms with E-state index in [1.807, 2.05) is 53.4 Å². The smallest absolute Gasteiger partial charge is 0.307 e. The zero-order chi connectivity index (χ0) is 23.7. The molecule has 0 bridgehead atoms. The van der Waals surface area contributed by atoms with E-state index in [9.17, 15) is 9.59 Å². The molecule has 0 spiro atoms. The zero-order valence-corrected chi connectivity index (χ0v) is 19.6. The summed E-state index contributed by atoms with van der Waals surface area (Å²) in [5.74, 6) is -0.00330. The van der Waals surface area contributed by atoms with Gasteiger partial charge in [0.15, 0.2) is 0 Å². The Kier molecular flexibility index (Phi) is 6.29. The summed E-state index contributed by atoms with van der Waals surface area (Å²) < 4.78 is 6.07. The Balaban J connectivity index is 1.27. The fraction of sp³-hybridized carbons (Fsp3) is 0.286. The molecule has 174 valence electrons. The van der Waals surface area contributed by atoms with Crippen molar-refractivity contribution in [1.29, 1.82) is 0 Å². The van der Waals surface area contributed by atoms with Crippen molar-refractivity contribution in [3.8, 4) is 16.9 Å². The summed E-state index contributed by atoms with van der Waals surface area (Å²) in [5.41, 5.74) is 5.34. The zero-order valence-electron chi connectivity index (χ0n) is 18.8. The molecule has 1 saturated carbocycles. The molecule has 1 aliphatic heterocycles. The van der Waals surface area contributed by atoms with E-state index in [2.05, 4.69) is 0 Å². The molecular formula is C28H26ClNO4. The fourth-order valence-corrected chi connectivity index (χ4v) is 5.21. The molecule has 0 unspecified atom stereocenters. The van der Waals surface area contributed by atoms with Crippen LogP contribution in [0, 0.1) is 0 Å². The van der Waals surface area contributed by atoms with Gasteiger partial charge in [-0.05, 0) is 71.0 Å². The Labute approximate surface area is 203 Å². The van der Waals surface area contributed by atoms with Crippen molar-refractivity contribution in [3.63, 3.8) is 0 Å². The van der Waals surface area contributed by atoms with E-state index >= 15 is 0 Å². The third-order valence-corrected chi connectivity index (χ3v) is 7.09. The van der Waals surface area contributed by atoms with Crippen LogP contribution < -0.4 is 4.74 Å². The molecule has 6 heteroatoms. The van der Waals surface area contributed by atoms with E-state index in [0.29, 0.717) is 29.8 Å². The molecule has 1 amide bonds. The summed E-state index contributed by atoms with van der Waals surface area (Å²) in [4.78, 5) is 25.8. The lowest BCUT2D eigenvalue weighted by molar-refractivity contribution is -0.136. The highest BCUT2D eigenvalue weighted by Gasteiger charge is 2.34. The summed E-state index contributed by atoms with van der Waals surface area (Å²) in [6.45, 7) is 1.07. The molecule has 1 aliphatic carbocycles. The number of fused-ring (bicyclic) bond motifs is 1. The molecule has 2 aliphatic rings. The van der Waals surface area contributed by atoms with Crippen LogP contribution in [0.15, 0.2) is 60.7 Å². The number of hydrogen-bond donors (Lipinski definition) is 1. The van der Waals surface area contributed by atoms with Crippen LogP contribution in [0.4, 0.5) is 0 Å². The number of carboxylic acids is 1. The molecule has 1 N–H and O–H groups in total. The number of rotatable bonds is 7. The van der Waals surface area contributed by atoms with Gasteiger partial charge in [-0.2, -0.15) is 0 Å². The number of carbonyl (C=O) groups excluding carboxylic acids is 1. The first-order valence-electron chi connectivity index (χ1n) is 11.6. The maximum atomic E-state index is 12.8. The first kappa shape index (κ1) is 22.5. The fourth-order valence-electron chi connectivity index (χ4n) is 4.96. The van der Waals surface area contributed by atoms with Crippen LogP contribution in [0.3, 0.4) is 0 Å². The summed E-state index contributed by atoms with van der Waals surface area (Å²) in [6, 6.07) is 19.6. The maximum absolute atomic E-state index is 12.8. The average molecular weight is 476 g/mol. The molecule has 0 atom stereocenters. The summed E-state index contributed by atoms with van der Waals surface area (Å²) in [6.07, 6.45) is 4.52. The van der Waals surface area contributed by atoms with Gasteiger partial charge in [0.25, 0.3) is 5.91 Å². The van der Waals surface area contributed by atoms with Gasteiger partial charge in [-0.1, -0.05) is 54.8 Å². The Morgan fingerprint density at radius 3 is 2.59 bits per heavy atom. The lowest BCUT2D eigenvalue weighted by atomic mass is 10.0. The van der Waals surface area contributed by atoms with Gasteiger partial charge < -0.3 is 14.7 Å². The lowest BCUT2D eigenvalue weighted by Gasteiger charge is -2.23. The average Bonchev–Trinajstić information content (AvgIpc) is 3.47. The number of carbonyl (C=O) groups is 2. The van der Waals surface area contributed by atoms with Gasteiger partial charge in [0, 0.05) is 23.2 Å². The minimum Gasteiger partial charge on any atom is -0.489 e. The molecule has 3 aromatic carbocycles. The maximum Gasteiger partial charge on any atom is 0.307 e. The number of ether oxygens (including phenoxy) is 1. The summed E-state index contributed by atoms with van der Waals surface area (Å²) >= 11 is 6.30. The van der Waals surface area contributed by atoms with Gasteiger partial charge in [-0.25, -0.2) is 0 Å². The number of aliphatic carboxylic acids is 1. The normalized spacial score (nSPS) is 15.6. The minimum atomic E-state index is -0.907. The first-order valence-corrected chi connectivity index (χ1v) is 12.0. The van der Waals surface area contributed by atoms with E-state index < -0.39 is 5.97 Å². The summed E-state index contributed by atoms with van der Waals surface area (Å²) in [5, 5.41) is 9.45. The number of amides is 1. The Hall–Kier alpha value is -3.31. The van der Waals surface area contributed by atoms with E-state index in [1.165, 1.54) is 12.8 Å². The number of halogens is 1. The van der Waals surface area contributed by atoms with Crippen molar-refractivity contribution in [2.24, 2.45) is 0 Å². The van der Waals surface area contributed by atoms with Crippen LogP contribution in [0.1, 0.15) is 52.7 Å². The topological polar surface area (TPSA) is 66.8 Å². The SMILES string of the molecule is O=C(O)Cc1ccc(-c2cccc(COc3ccc4c(c3)CN(C3CCCC3)C4=O)c2)cc1Cl. The predicted molar refractivity (Wildman–Crippen MR) is 131 cm³/mol. The van der Waals surface area contributed by atoms with Crippen molar-refractivity contribution in [3.05, 3.63) is 87.9 Å². The van der Waals surface area contributed by atoms with Crippen LogP contribution >= 0.6 is 11.6 Å². The van der Waals surface area contributed by atoms with Crippen molar-refractivity contribution in [1.82, 2.24) is 4.90 Å². The van der Waals surface area contributed by atoms with Crippen LogP contribution in [0.25, 0.3) is 11.1 Å². The molecule has 0 radical (unpaired) electrons. The lowest BCUT2D eigenvalue weighted by Crippen LogP contribution is -2.33. The second-order valence-corrected chi connectivity index (χ2v) is 9.46. The van der Waals surface area contributed by atoms with Crippen LogP contribution in [0.5, 0.6) is 5.75 Å². The molecule has 3 aromatic rings. The number of benzene rings is 3. The second-order valence-electron chi connectivity index (χ2n) is 9.06. The Morgan fingerprint density at radius 2 is 1.82 bits per heavy atom. The quantitative estimate of drug-likeness (QED) is 0.447. The van der Waals surface area contributed by atoms with Crippen molar-refractivity contribution >= 4 is 23.5 Å². The number of hydrogen-bond acceptors (Lipinski definition) is 3. The molecule has 5 rings (SSSR count). The van der Waals surface area contributed by atoms with Gasteiger partial charge in [0.05, 0.1) is 6.42 Å². The van der Waals surface area contributed by atoms with Gasteiger partial charge in [-0.15, -0.1) is 0 Å². The monoisotopic (exact) mass is 475 g/mol. The standard InChI is InChI=1S/C28H26ClNO4/c29-26-14-20(8-9-21(26)15-27(31)32)19-5-3-4-18(12-19)17-34-24-10-11-25-22(13-24)16-30(28(25)33)23-6-1-2-7-23/h3-5,8-14,23H,1-2,6-7,15-17H2,(H,31,32).